The number of carbonyl (C=O) groups excluding carboxylic acids is 2. The molecule has 0 heterocycles. The van der Waals surface area contributed by atoms with Crippen LogP contribution in [0.1, 0.15) is 45.2 Å². The molecule has 29 heavy (non-hydrogen) atoms. The van der Waals surface area contributed by atoms with Gasteiger partial charge in [-0.3, -0.25) is 9.59 Å². The van der Waals surface area contributed by atoms with Crippen molar-refractivity contribution in [2.75, 3.05) is 0 Å². The predicted molar refractivity (Wildman–Crippen MR) is 119 cm³/mol. The summed E-state index contributed by atoms with van der Waals surface area (Å²) in [5, 5.41) is 4.16. The van der Waals surface area contributed by atoms with Gasteiger partial charge in [-0.05, 0) is 56.5 Å². The second-order valence-corrected chi connectivity index (χ2v) is 8.92. The Morgan fingerprint density at radius 2 is 1.66 bits per heavy atom. The van der Waals surface area contributed by atoms with E-state index in [1.165, 1.54) is 0 Å². The molecule has 2 aromatic rings. The minimum Gasteiger partial charge on any atom is -0.350 e. The van der Waals surface area contributed by atoms with Gasteiger partial charge in [0.05, 0.1) is 6.42 Å². The van der Waals surface area contributed by atoms with Crippen LogP contribution >= 0.6 is 23.2 Å². The summed E-state index contributed by atoms with van der Waals surface area (Å²) in [7, 11) is 0. The monoisotopic (exact) mass is 434 g/mol. The van der Waals surface area contributed by atoms with Crippen LogP contribution in [0.25, 0.3) is 0 Å². The zero-order chi connectivity index (χ0) is 21.6. The van der Waals surface area contributed by atoms with Crippen LogP contribution in [0.4, 0.5) is 0 Å². The number of halogens is 2. The van der Waals surface area contributed by atoms with Gasteiger partial charge >= 0.3 is 0 Å². The molecule has 0 aromatic heterocycles. The van der Waals surface area contributed by atoms with Crippen LogP contribution in [0.15, 0.2) is 48.5 Å². The van der Waals surface area contributed by atoms with E-state index in [1.54, 1.807) is 23.1 Å². The Morgan fingerprint density at radius 1 is 1.03 bits per heavy atom. The van der Waals surface area contributed by atoms with Crippen molar-refractivity contribution in [1.82, 2.24) is 10.2 Å². The third-order valence-corrected chi connectivity index (χ3v) is 5.07. The molecule has 0 bridgehead atoms. The van der Waals surface area contributed by atoms with Gasteiger partial charge < -0.3 is 10.2 Å². The summed E-state index contributed by atoms with van der Waals surface area (Å²) in [5.74, 6) is -0.314. The smallest absolute Gasteiger partial charge is 0.243 e. The third-order valence-electron chi connectivity index (χ3n) is 4.45. The van der Waals surface area contributed by atoms with Crippen molar-refractivity contribution in [3.8, 4) is 0 Å². The minimum absolute atomic E-state index is 0.132. The normalized spacial score (nSPS) is 12.3. The Morgan fingerprint density at radius 3 is 2.21 bits per heavy atom. The SMILES string of the molecule is CCC(C(=O)NC(C)(C)C)N(Cc1ccc(Cl)cc1)C(=O)Cc1ccccc1Cl. The highest BCUT2D eigenvalue weighted by Gasteiger charge is 2.30. The van der Waals surface area contributed by atoms with Crippen molar-refractivity contribution < 1.29 is 9.59 Å². The van der Waals surface area contributed by atoms with E-state index in [4.69, 9.17) is 23.2 Å². The first-order chi connectivity index (χ1) is 13.6. The lowest BCUT2D eigenvalue weighted by molar-refractivity contribution is -0.141. The van der Waals surface area contributed by atoms with Gasteiger partial charge in [-0.1, -0.05) is 60.5 Å². The number of nitrogens with one attached hydrogen (secondary N) is 1. The molecule has 0 radical (unpaired) electrons. The molecule has 6 heteroatoms. The molecule has 0 aliphatic carbocycles. The lowest BCUT2D eigenvalue weighted by Gasteiger charge is -2.33. The van der Waals surface area contributed by atoms with Gasteiger partial charge in [0.2, 0.25) is 11.8 Å². The van der Waals surface area contributed by atoms with Crippen LogP contribution in [-0.4, -0.2) is 28.3 Å². The standard InChI is InChI=1S/C23H28Cl2N2O2/c1-5-20(22(29)26-23(2,3)4)27(15-16-10-12-18(24)13-11-16)21(28)14-17-8-6-7-9-19(17)25/h6-13,20H,5,14-15H2,1-4H3,(H,26,29). The second-order valence-electron chi connectivity index (χ2n) is 8.08. The van der Waals surface area contributed by atoms with Crippen LogP contribution in [0.5, 0.6) is 0 Å². The summed E-state index contributed by atoms with van der Waals surface area (Å²) in [5.41, 5.74) is 1.26. The van der Waals surface area contributed by atoms with Crippen LogP contribution < -0.4 is 5.32 Å². The molecular weight excluding hydrogens is 407 g/mol. The molecule has 0 saturated carbocycles. The van der Waals surface area contributed by atoms with E-state index >= 15 is 0 Å². The van der Waals surface area contributed by atoms with E-state index in [2.05, 4.69) is 5.32 Å². The highest BCUT2D eigenvalue weighted by molar-refractivity contribution is 6.31. The molecule has 1 atom stereocenters. The first-order valence-electron chi connectivity index (χ1n) is 9.70. The summed E-state index contributed by atoms with van der Waals surface area (Å²) in [6, 6.07) is 14.0. The number of amides is 2. The summed E-state index contributed by atoms with van der Waals surface area (Å²) in [6.45, 7) is 7.99. The highest BCUT2D eigenvalue weighted by atomic mass is 35.5. The lowest BCUT2D eigenvalue weighted by atomic mass is 10.0. The maximum atomic E-state index is 13.3. The van der Waals surface area contributed by atoms with Gasteiger partial charge in [0.1, 0.15) is 6.04 Å². The fourth-order valence-electron chi connectivity index (χ4n) is 3.07. The summed E-state index contributed by atoms with van der Waals surface area (Å²) in [6.07, 6.45) is 0.635. The zero-order valence-corrected chi connectivity index (χ0v) is 18.8. The molecule has 0 spiro atoms. The molecule has 1 N–H and O–H groups in total. The minimum atomic E-state index is -0.583. The van der Waals surface area contributed by atoms with Crippen LogP contribution in [-0.2, 0) is 22.6 Å². The Hall–Kier alpha value is -2.04. The van der Waals surface area contributed by atoms with Gasteiger partial charge in [0, 0.05) is 22.1 Å². The number of hydrogen-bond acceptors (Lipinski definition) is 2. The molecule has 2 aromatic carbocycles. The number of carbonyl (C=O) groups is 2. The maximum Gasteiger partial charge on any atom is 0.243 e. The van der Waals surface area contributed by atoms with Crippen molar-refractivity contribution in [2.24, 2.45) is 0 Å². The maximum absolute atomic E-state index is 13.3. The zero-order valence-electron chi connectivity index (χ0n) is 17.3. The van der Waals surface area contributed by atoms with Crippen LogP contribution in [0, 0.1) is 0 Å². The second kappa shape index (κ2) is 10.1. The van der Waals surface area contributed by atoms with E-state index in [0.717, 1.165) is 11.1 Å². The molecule has 2 rings (SSSR count). The molecule has 0 aliphatic heterocycles. The molecule has 2 amide bonds. The van der Waals surface area contributed by atoms with Crippen molar-refractivity contribution in [1.29, 1.82) is 0 Å². The number of nitrogens with zero attached hydrogens (tertiary/aromatic N) is 1. The summed E-state index contributed by atoms with van der Waals surface area (Å²) < 4.78 is 0. The van der Waals surface area contributed by atoms with Gasteiger partial charge in [0.15, 0.2) is 0 Å². The Bertz CT molecular complexity index is 845. The average molecular weight is 435 g/mol. The van der Waals surface area contributed by atoms with Crippen molar-refractivity contribution in [3.63, 3.8) is 0 Å². The van der Waals surface area contributed by atoms with E-state index in [1.807, 2.05) is 58.0 Å². The number of benzene rings is 2. The average Bonchev–Trinajstić information content (AvgIpc) is 2.63. The Balaban J connectivity index is 2.32. The van der Waals surface area contributed by atoms with Crippen molar-refractivity contribution in [3.05, 3.63) is 69.7 Å². The largest absolute Gasteiger partial charge is 0.350 e. The fourth-order valence-corrected chi connectivity index (χ4v) is 3.39. The van der Waals surface area contributed by atoms with Crippen LogP contribution in [0.3, 0.4) is 0 Å². The highest BCUT2D eigenvalue weighted by Crippen LogP contribution is 2.20. The van der Waals surface area contributed by atoms with Gasteiger partial charge in [-0.2, -0.15) is 0 Å². The molecule has 4 nitrogen and oxygen atoms in total. The first kappa shape index (κ1) is 23.2. The van der Waals surface area contributed by atoms with Gasteiger partial charge in [0.25, 0.3) is 0 Å². The molecule has 156 valence electrons. The summed E-state index contributed by atoms with van der Waals surface area (Å²) >= 11 is 12.2. The van der Waals surface area contributed by atoms with E-state index in [-0.39, 0.29) is 23.8 Å². The molecular formula is C23H28Cl2N2O2. The van der Waals surface area contributed by atoms with Gasteiger partial charge in [-0.15, -0.1) is 0 Å². The summed E-state index contributed by atoms with van der Waals surface area (Å²) in [4.78, 5) is 27.8. The third kappa shape index (κ3) is 7.06. The van der Waals surface area contributed by atoms with E-state index in [0.29, 0.717) is 23.0 Å². The quantitative estimate of drug-likeness (QED) is 0.645. The fraction of sp³-hybridized carbons (Fsp3) is 0.391. The van der Waals surface area contributed by atoms with Crippen molar-refractivity contribution in [2.45, 2.75) is 58.7 Å². The van der Waals surface area contributed by atoms with E-state index in [9.17, 15) is 9.59 Å². The molecule has 0 aliphatic rings. The predicted octanol–water partition coefficient (Wildman–Crippen LogP) is 5.26. The van der Waals surface area contributed by atoms with E-state index < -0.39 is 6.04 Å². The molecule has 0 saturated heterocycles. The van der Waals surface area contributed by atoms with Crippen LogP contribution in [0.2, 0.25) is 10.0 Å². The number of hydrogen-bond donors (Lipinski definition) is 1. The number of rotatable bonds is 7. The molecule has 1 unspecified atom stereocenters. The Labute approximate surface area is 183 Å². The van der Waals surface area contributed by atoms with Crippen molar-refractivity contribution >= 4 is 35.0 Å². The lowest BCUT2D eigenvalue weighted by Crippen LogP contribution is -2.53. The Kier molecular flexibility index (Phi) is 8.12. The first-order valence-corrected chi connectivity index (χ1v) is 10.5. The topological polar surface area (TPSA) is 49.4 Å². The van der Waals surface area contributed by atoms with Gasteiger partial charge in [-0.25, -0.2) is 0 Å². The molecule has 0 fully saturated rings.